The van der Waals surface area contributed by atoms with E-state index < -0.39 is 0 Å². The molecular weight excluding hydrogens is 200 g/mol. The second kappa shape index (κ2) is 9.30. The first kappa shape index (κ1) is 13.7. The molecule has 84 valence electrons. The van der Waals surface area contributed by atoms with Crippen LogP contribution in [0.3, 0.4) is 0 Å². The van der Waals surface area contributed by atoms with E-state index >= 15 is 0 Å². The number of rotatable bonds is 3. The van der Waals surface area contributed by atoms with Gasteiger partial charge in [0, 0.05) is 25.7 Å². The molecule has 2 N–H and O–H groups in total. The molecule has 1 aliphatic rings. The Balaban J connectivity index is 0.000000791. The van der Waals surface area contributed by atoms with Crippen LogP contribution in [0.4, 0.5) is 0 Å². The maximum Gasteiger partial charge on any atom is 0.307 e. The number of carbonyl (C=O) groups excluding carboxylic acids is 1. The lowest BCUT2D eigenvalue weighted by molar-refractivity contribution is -0.143. The van der Waals surface area contributed by atoms with E-state index in [2.05, 4.69) is 23.3 Å². The van der Waals surface area contributed by atoms with Crippen molar-refractivity contribution in [2.75, 3.05) is 32.5 Å². The fourth-order valence-corrected chi connectivity index (χ4v) is 1.28. The molecule has 0 amide bonds. The summed E-state index contributed by atoms with van der Waals surface area (Å²) in [6.07, 6.45) is 2.17. The molecule has 0 aliphatic carbocycles. The maximum absolute atomic E-state index is 11.0. The summed E-state index contributed by atoms with van der Waals surface area (Å²) in [4.78, 5) is 11.0. The highest BCUT2D eigenvalue weighted by Crippen LogP contribution is 1.96. The number of thiol groups is 1. The van der Waals surface area contributed by atoms with E-state index in [1.165, 1.54) is 0 Å². The van der Waals surface area contributed by atoms with Crippen molar-refractivity contribution in [3.8, 4) is 0 Å². The third-order valence-electron chi connectivity index (χ3n) is 1.84. The number of nitrogens with one attached hydrogen (secondary N) is 2. The van der Waals surface area contributed by atoms with Crippen molar-refractivity contribution in [2.24, 2.45) is 0 Å². The van der Waals surface area contributed by atoms with Gasteiger partial charge in [-0.3, -0.25) is 4.79 Å². The molecule has 0 radical (unpaired) electrons. The van der Waals surface area contributed by atoms with Crippen molar-refractivity contribution in [3.05, 3.63) is 0 Å². The molecule has 0 spiro atoms. The lowest BCUT2D eigenvalue weighted by atomic mass is 10.2. The van der Waals surface area contributed by atoms with Gasteiger partial charge in [-0.05, 0) is 13.2 Å². The summed E-state index contributed by atoms with van der Waals surface area (Å²) in [6.45, 7) is 5.08. The molecule has 0 saturated carbocycles. The Morgan fingerprint density at radius 3 is 2.71 bits per heavy atom. The fourth-order valence-electron chi connectivity index (χ4n) is 1.28. The van der Waals surface area contributed by atoms with Crippen LogP contribution in [0.15, 0.2) is 0 Å². The van der Waals surface area contributed by atoms with E-state index in [0.717, 1.165) is 19.6 Å². The van der Waals surface area contributed by atoms with Gasteiger partial charge < -0.3 is 15.4 Å². The molecule has 14 heavy (non-hydrogen) atoms. The van der Waals surface area contributed by atoms with Gasteiger partial charge in [0.25, 0.3) is 0 Å². The van der Waals surface area contributed by atoms with Gasteiger partial charge >= 0.3 is 5.97 Å². The highest BCUT2D eigenvalue weighted by molar-refractivity contribution is 7.79. The third-order valence-corrected chi connectivity index (χ3v) is 1.84. The Morgan fingerprint density at radius 1 is 1.50 bits per heavy atom. The van der Waals surface area contributed by atoms with Gasteiger partial charge in [-0.1, -0.05) is 0 Å². The molecule has 1 unspecified atom stereocenters. The van der Waals surface area contributed by atoms with E-state index in [-0.39, 0.29) is 12.0 Å². The molecule has 5 heteroatoms. The molecule has 1 aliphatic heterocycles. The standard InChI is InChI=1S/C8H16N2O2.CH4S/c1-2-12-8(11)5-7-6-9-3-4-10-7;1-2/h7,9-10H,2-6H2,1H3;2H,1H3. The fraction of sp³-hybridized carbons (Fsp3) is 0.889. The van der Waals surface area contributed by atoms with Crippen LogP contribution >= 0.6 is 12.6 Å². The minimum absolute atomic E-state index is 0.112. The molecule has 0 aromatic heterocycles. The molecular formula is C9H20N2O2S. The zero-order valence-electron chi connectivity index (χ0n) is 8.88. The van der Waals surface area contributed by atoms with Crippen LogP contribution in [0.2, 0.25) is 0 Å². The number of hydrogen-bond acceptors (Lipinski definition) is 5. The molecule has 0 aromatic carbocycles. The zero-order chi connectivity index (χ0) is 10.8. The molecule has 4 nitrogen and oxygen atoms in total. The molecule has 1 rings (SSSR count). The van der Waals surface area contributed by atoms with Gasteiger partial charge in [-0.2, -0.15) is 12.6 Å². The van der Waals surface area contributed by atoms with Gasteiger partial charge in [-0.25, -0.2) is 0 Å². The van der Waals surface area contributed by atoms with Gasteiger partial charge in [0.05, 0.1) is 13.0 Å². The predicted molar refractivity (Wildman–Crippen MR) is 60.8 cm³/mol. The van der Waals surface area contributed by atoms with Gasteiger partial charge in [0.1, 0.15) is 0 Å². The van der Waals surface area contributed by atoms with Crippen LogP contribution in [0.1, 0.15) is 13.3 Å². The quantitative estimate of drug-likeness (QED) is 0.464. The van der Waals surface area contributed by atoms with Crippen LogP contribution in [0, 0.1) is 0 Å². The summed E-state index contributed by atoms with van der Waals surface area (Å²) >= 11 is 3.53. The lowest BCUT2D eigenvalue weighted by Gasteiger charge is -2.23. The van der Waals surface area contributed by atoms with Crippen LogP contribution in [-0.2, 0) is 9.53 Å². The van der Waals surface area contributed by atoms with Crippen LogP contribution in [0.5, 0.6) is 0 Å². The van der Waals surface area contributed by atoms with E-state index in [4.69, 9.17) is 4.74 Å². The van der Waals surface area contributed by atoms with E-state index in [1.807, 2.05) is 6.92 Å². The second-order valence-electron chi connectivity index (χ2n) is 2.86. The van der Waals surface area contributed by atoms with E-state index in [0.29, 0.717) is 13.0 Å². The van der Waals surface area contributed by atoms with Crippen molar-refractivity contribution in [1.29, 1.82) is 0 Å². The Hall–Kier alpha value is -0.260. The highest BCUT2D eigenvalue weighted by Gasteiger charge is 2.15. The summed E-state index contributed by atoms with van der Waals surface area (Å²) in [5.41, 5.74) is 0. The number of hydrogen-bond donors (Lipinski definition) is 3. The van der Waals surface area contributed by atoms with Crippen molar-refractivity contribution in [1.82, 2.24) is 10.6 Å². The zero-order valence-corrected chi connectivity index (χ0v) is 9.77. The largest absolute Gasteiger partial charge is 0.466 e. The van der Waals surface area contributed by atoms with Crippen molar-refractivity contribution < 1.29 is 9.53 Å². The second-order valence-corrected chi connectivity index (χ2v) is 2.86. The van der Waals surface area contributed by atoms with Crippen LogP contribution < -0.4 is 10.6 Å². The van der Waals surface area contributed by atoms with E-state index in [1.54, 1.807) is 6.26 Å². The molecule has 1 atom stereocenters. The summed E-state index contributed by atoms with van der Waals surface area (Å²) in [5, 5.41) is 6.46. The van der Waals surface area contributed by atoms with Crippen molar-refractivity contribution in [3.63, 3.8) is 0 Å². The van der Waals surface area contributed by atoms with Crippen LogP contribution in [-0.4, -0.2) is 44.5 Å². The molecule has 0 bridgehead atoms. The third kappa shape index (κ3) is 6.23. The highest BCUT2D eigenvalue weighted by atomic mass is 32.1. The smallest absolute Gasteiger partial charge is 0.307 e. The summed E-state index contributed by atoms with van der Waals surface area (Å²) in [5.74, 6) is -0.112. The number of piperazine rings is 1. The van der Waals surface area contributed by atoms with Crippen molar-refractivity contribution in [2.45, 2.75) is 19.4 Å². The van der Waals surface area contributed by atoms with E-state index in [9.17, 15) is 4.79 Å². The molecule has 1 heterocycles. The Morgan fingerprint density at radius 2 is 2.21 bits per heavy atom. The SMILES string of the molecule is CCOC(=O)CC1CNCCN1.CS. The average Bonchev–Trinajstić information content (AvgIpc) is 2.22. The summed E-state index contributed by atoms with van der Waals surface area (Å²) in [6, 6.07) is 0.248. The number of esters is 1. The lowest BCUT2D eigenvalue weighted by Crippen LogP contribution is -2.49. The van der Waals surface area contributed by atoms with Gasteiger partial charge in [0.15, 0.2) is 0 Å². The Bertz CT molecular complexity index is 150. The Labute approximate surface area is 91.2 Å². The molecule has 1 saturated heterocycles. The first-order valence-corrected chi connectivity index (χ1v) is 5.77. The first-order valence-electron chi connectivity index (χ1n) is 4.87. The maximum atomic E-state index is 11.0. The first-order chi connectivity index (χ1) is 6.83. The minimum Gasteiger partial charge on any atom is -0.466 e. The van der Waals surface area contributed by atoms with Crippen molar-refractivity contribution >= 4 is 18.6 Å². The van der Waals surface area contributed by atoms with Crippen LogP contribution in [0.25, 0.3) is 0 Å². The summed E-state index contributed by atoms with van der Waals surface area (Å²) in [7, 11) is 0. The monoisotopic (exact) mass is 220 g/mol. The Kier molecular flexibility index (Phi) is 9.13. The normalized spacial score (nSPS) is 20.6. The topological polar surface area (TPSA) is 50.4 Å². The van der Waals surface area contributed by atoms with Gasteiger partial charge in [-0.15, -0.1) is 0 Å². The van der Waals surface area contributed by atoms with Gasteiger partial charge in [0.2, 0.25) is 0 Å². The summed E-state index contributed by atoms with van der Waals surface area (Å²) < 4.78 is 4.84. The minimum atomic E-state index is -0.112. The predicted octanol–water partition coefficient (Wildman–Crippen LogP) is 0.0470. The molecule has 0 aromatic rings. The number of carbonyl (C=O) groups is 1. The molecule has 1 fully saturated rings. The number of ether oxygens (including phenoxy) is 1. The average molecular weight is 220 g/mol.